The van der Waals surface area contributed by atoms with Crippen LogP contribution in [0.25, 0.3) is 0 Å². The van der Waals surface area contributed by atoms with Crippen molar-refractivity contribution in [3.05, 3.63) is 11.8 Å². The van der Waals surface area contributed by atoms with Crippen LogP contribution in [0.2, 0.25) is 0 Å². The van der Waals surface area contributed by atoms with Gasteiger partial charge in [0.1, 0.15) is 0 Å². The molecule has 0 N–H and O–H groups in total. The summed E-state index contributed by atoms with van der Waals surface area (Å²) in [4.78, 5) is 0. The fraction of sp³-hybridized carbons (Fsp3) is 0.800. The van der Waals surface area contributed by atoms with Crippen molar-refractivity contribution in [2.24, 2.45) is 17.8 Å². The van der Waals surface area contributed by atoms with Crippen LogP contribution in [-0.2, 0) is 4.74 Å². The molecule has 62 valence electrons. The van der Waals surface area contributed by atoms with E-state index >= 15 is 0 Å². The molecule has 0 amide bonds. The van der Waals surface area contributed by atoms with Crippen molar-refractivity contribution < 1.29 is 4.74 Å². The van der Waals surface area contributed by atoms with E-state index in [4.69, 9.17) is 4.74 Å². The SMILES string of the molecule is COC1=CC(C)C2CCC1C2. The molecular weight excluding hydrogens is 136 g/mol. The zero-order valence-electron chi connectivity index (χ0n) is 7.34. The van der Waals surface area contributed by atoms with Crippen molar-refractivity contribution in [2.45, 2.75) is 26.2 Å². The first kappa shape index (κ1) is 7.20. The smallest absolute Gasteiger partial charge is 0.0949 e. The van der Waals surface area contributed by atoms with Crippen LogP contribution >= 0.6 is 0 Å². The van der Waals surface area contributed by atoms with E-state index in [-0.39, 0.29) is 0 Å². The average molecular weight is 152 g/mol. The molecule has 0 aromatic heterocycles. The van der Waals surface area contributed by atoms with Gasteiger partial charge in [-0.3, -0.25) is 0 Å². The predicted octanol–water partition coefficient (Wildman–Crippen LogP) is 2.58. The van der Waals surface area contributed by atoms with Crippen molar-refractivity contribution in [1.29, 1.82) is 0 Å². The third kappa shape index (κ3) is 1.07. The zero-order chi connectivity index (χ0) is 7.84. The van der Waals surface area contributed by atoms with Crippen molar-refractivity contribution in [1.82, 2.24) is 0 Å². The first-order valence-corrected chi connectivity index (χ1v) is 4.57. The molecule has 2 rings (SSSR count). The van der Waals surface area contributed by atoms with Crippen molar-refractivity contribution in [3.8, 4) is 0 Å². The summed E-state index contributed by atoms with van der Waals surface area (Å²) in [6, 6.07) is 0. The Morgan fingerprint density at radius 2 is 2.27 bits per heavy atom. The van der Waals surface area contributed by atoms with Gasteiger partial charge in [0.05, 0.1) is 12.9 Å². The number of fused-ring (bicyclic) bond motifs is 2. The molecule has 2 aliphatic carbocycles. The quantitative estimate of drug-likeness (QED) is 0.561. The van der Waals surface area contributed by atoms with Gasteiger partial charge in [-0.05, 0) is 37.2 Å². The summed E-state index contributed by atoms with van der Waals surface area (Å²) in [5.74, 6) is 3.73. The number of hydrogen-bond acceptors (Lipinski definition) is 1. The highest BCUT2D eigenvalue weighted by atomic mass is 16.5. The molecule has 0 spiro atoms. The predicted molar refractivity (Wildman–Crippen MR) is 45.1 cm³/mol. The third-order valence-electron chi connectivity index (χ3n) is 3.28. The van der Waals surface area contributed by atoms with Gasteiger partial charge in [-0.2, -0.15) is 0 Å². The van der Waals surface area contributed by atoms with Gasteiger partial charge in [-0.25, -0.2) is 0 Å². The van der Waals surface area contributed by atoms with Crippen LogP contribution in [0.4, 0.5) is 0 Å². The second-order valence-corrected chi connectivity index (χ2v) is 3.90. The van der Waals surface area contributed by atoms with Crippen LogP contribution in [0.5, 0.6) is 0 Å². The molecule has 0 saturated heterocycles. The minimum absolute atomic E-state index is 0.753. The highest BCUT2D eigenvalue weighted by Gasteiger charge is 2.35. The van der Waals surface area contributed by atoms with E-state index in [1.54, 1.807) is 7.11 Å². The molecule has 0 aromatic carbocycles. The summed E-state index contributed by atoms with van der Waals surface area (Å²) in [6.45, 7) is 2.31. The fourth-order valence-corrected chi connectivity index (χ4v) is 2.52. The Labute approximate surface area is 68.4 Å². The van der Waals surface area contributed by atoms with E-state index in [1.807, 2.05) is 0 Å². The number of allylic oxidation sites excluding steroid dienone is 2. The summed E-state index contributed by atoms with van der Waals surface area (Å²) in [6.07, 6.45) is 6.47. The minimum atomic E-state index is 0.753. The maximum absolute atomic E-state index is 5.35. The Hall–Kier alpha value is -0.460. The summed E-state index contributed by atoms with van der Waals surface area (Å²) in [7, 11) is 1.80. The van der Waals surface area contributed by atoms with E-state index in [2.05, 4.69) is 13.0 Å². The second kappa shape index (κ2) is 2.54. The lowest BCUT2D eigenvalue weighted by Crippen LogP contribution is -2.14. The van der Waals surface area contributed by atoms with Crippen LogP contribution in [0.15, 0.2) is 11.8 Å². The van der Waals surface area contributed by atoms with E-state index in [1.165, 1.54) is 25.0 Å². The average Bonchev–Trinajstić information content (AvgIpc) is 2.43. The monoisotopic (exact) mass is 152 g/mol. The fourth-order valence-electron chi connectivity index (χ4n) is 2.52. The Morgan fingerprint density at radius 1 is 1.45 bits per heavy atom. The Morgan fingerprint density at radius 3 is 3.00 bits per heavy atom. The number of methoxy groups -OCH3 is 1. The summed E-state index contributed by atoms with van der Waals surface area (Å²) in [5.41, 5.74) is 0. The third-order valence-corrected chi connectivity index (χ3v) is 3.28. The molecule has 1 nitrogen and oxygen atoms in total. The van der Waals surface area contributed by atoms with Crippen molar-refractivity contribution >= 4 is 0 Å². The van der Waals surface area contributed by atoms with Gasteiger partial charge in [0, 0.05) is 5.92 Å². The Bertz CT molecular complexity index is 183. The normalized spacial score (nSPS) is 42.0. The molecule has 3 atom stereocenters. The van der Waals surface area contributed by atoms with Gasteiger partial charge < -0.3 is 4.74 Å². The van der Waals surface area contributed by atoms with Crippen molar-refractivity contribution in [3.63, 3.8) is 0 Å². The van der Waals surface area contributed by atoms with E-state index in [0.29, 0.717) is 0 Å². The zero-order valence-corrected chi connectivity index (χ0v) is 7.34. The van der Waals surface area contributed by atoms with Crippen LogP contribution < -0.4 is 0 Å². The van der Waals surface area contributed by atoms with Crippen LogP contribution in [0, 0.1) is 17.8 Å². The van der Waals surface area contributed by atoms with Crippen LogP contribution in [0.3, 0.4) is 0 Å². The van der Waals surface area contributed by atoms with Gasteiger partial charge in [0.15, 0.2) is 0 Å². The lowest BCUT2D eigenvalue weighted by Gasteiger charge is -2.24. The maximum Gasteiger partial charge on any atom is 0.0949 e. The molecule has 0 heterocycles. The molecule has 0 radical (unpaired) electrons. The first-order valence-electron chi connectivity index (χ1n) is 4.57. The Kier molecular flexibility index (Phi) is 1.67. The maximum atomic E-state index is 5.35. The van der Waals surface area contributed by atoms with E-state index < -0.39 is 0 Å². The van der Waals surface area contributed by atoms with Crippen LogP contribution in [-0.4, -0.2) is 7.11 Å². The Balaban J connectivity index is 2.20. The highest BCUT2D eigenvalue weighted by Crippen LogP contribution is 2.44. The second-order valence-electron chi connectivity index (χ2n) is 3.90. The largest absolute Gasteiger partial charge is 0.501 e. The molecule has 0 aromatic rings. The molecule has 3 unspecified atom stereocenters. The summed E-state index contributed by atoms with van der Waals surface area (Å²) >= 11 is 0. The molecule has 1 fully saturated rings. The van der Waals surface area contributed by atoms with Gasteiger partial charge in [-0.15, -0.1) is 0 Å². The summed E-state index contributed by atoms with van der Waals surface area (Å²) < 4.78 is 5.35. The first-order chi connectivity index (χ1) is 5.31. The van der Waals surface area contributed by atoms with Gasteiger partial charge >= 0.3 is 0 Å². The lowest BCUT2D eigenvalue weighted by molar-refractivity contribution is 0.219. The van der Waals surface area contributed by atoms with Crippen molar-refractivity contribution in [2.75, 3.05) is 7.11 Å². The molecule has 0 aliphatic heterocycles. The van der Waals surface area contributed by atoms with E-state index in [9.17, 15) is 0 Å². The van der Waals surface area contributed by atoms with E-state index in [0.717, 1.165) is 17.8 Å². The highest BCUT2D eigenvalue weighted by molar-refractivity contribution is 5.10. The van der Waals surface area contributed by atoms with Gasteiger partial charge in [0.2, 0.25) is 0 Å². The molecule has 1 heteroatoms. The molecule has 1 saturated carbocycles. The minimum Gasteiger partial charge on any atom is -0.501 e. The topological polar surface area (TPSA) is 9.23 Å². The van der Waals surface area contributed by atoms with Gasteiger partial charge in [-0.1, -0.05) is 6.92 Å². The lowest BCUT2D eigenvalue weighted by atomic mass is 9.86. The molecule has 2 aliphatic rings. The molecular formula is C10H16O. The number of rotatable bonds is 1. The van der Waals surface area contributed by atoms with Gasteiger partial charge in [0.25, 0.3) is 0 Å². The summed E-state index contributed by atoms with van der Waals surface area (Å²) in [5, 5.41) is 0. The standard InChI is InChI=1S/C10H16O/c1-7-5-10(11-2)9-4-3-8(7)6-9/h5,7-9H,3-4,6H2,1-2H3. The molecule has 2 bridgehead atoms. The molecule has 11 heavy (non-hydrogen) atoms. The number of hydrogen-bond donors (Lipinski definition) is 0. The van der Waals surface area contributed by atoms with Crippen LogP contribution in [0.1, 0.15) is 26.2 Å². The number of ether oxygens (including phenoxy) is 1.